The number of nitrogens with zero attached hydrogens (tertiary/aromatic N) is 1. The number of carbonyl (C=O) groups excluding carboxylic acids is 2. The Morgan fingerprint density at radius 3 is 2.14 bits per heavy atom. The molecule has 1 saturated heterocycles. The summed E-state index contributed by atoms with van der Waals surface area (Å²) in [6, 6.07) is 19.1. The molecular weight excluding hydrogens is 486 g/mol. The van der Waals surface area contributed by atoms with Gasteiger partial charge >= 0.3 is 0 Å². The number of anilines is 2. The van der Waals surface area contributed by atoms with E-state index in [0.717, 1.165) is 25.7 Å². The zero-order valence-electron chi connectivity index (χ0n) is 19.0. The first-order valence-corrected chi connectivity index (χ1v) is 13.3. The van der Waals surface area contributed by atoms with Gasteiger partial charge in [0.1, 0.15) is 0 Å². The normalized spacial score (nSPS) is 14.1. The molecule has 182 valence electrons. The van der Waals surface area contributed by atoms with Gasteiger partial charge in [0.05, 0.1) is 32.4 Å². The van der Waals surface area contributed by atoms with Crippen molar-refractivity contribution in [2.24, 2.45) is 0 Å². The van der Waals surface area contributed by atoms with E-state index >= 15 is 0 Å². The predicted molar refractivity (Wildman–Crippen MR) is 137 cm³/mol. The fourth-order valence-electron chi connectivity index (χ4n) is 3.99. The van der Waals surface area contributed by atoms with Crippen LogP contribution in [0, 0.1) is 0 Å². The van der Waals surface area contributed by atoms with Gasteiger partial charge in [-0.05, 0) is 55.3 Å². The number of halogens is 1. The van der Waals surface area contributed by atoms with Crippen molar-refractivity contribution in [2.75, 3.05) is 23.1 Å². The molecule has 3 aromatic carbocycles. The lowest BCUT2D eigenvalue weighted by Gasteiger charge is -2.22. The minimum Gasteiger partial charge on any atom is -0.339 e. The third-order valence-electron chi connectivity index (χ3n) is 5.82. The van der Waals surface area contributed by atoms with Crippen molar-refractivity contribution >= 4 is 44.8 Å². The van der Waals surface area contributed by atoms with Crippen LogP contribution in [-0.2, 0) is 10.0 Å². The van der Waals surface area contributed by atoms with E-state index in [0.29, 0.717) is 24.3 Å². The summed E-state index contributed by atoms with van der Waals surface area (Å²) in [5.41, 5.74) is 1.21. The zero-order valence-corrected chi connectivity index (χ0v) is 20.6. The first-order chi connectivity index (χ1) is 16.8. The topological polar surface area (TPSA) is 95.6 Å². The monoisotopic (exact) mass is 511 g/mol. The first-order valence-electron chi connectivity index (χ1n) is 11.4. The first kappa shape index (κ1) is 24.8. The van der Waals surface area contributed by atoms with Crippen LogP contribution in [0.4, 0.5) is 11.4 Å². The van der Waals surface area contributed by atoms with Crippen molar-refractivity contribution in [1.29, 1.82) is 0 Å². The minimum absolute atomic E-state index is 0.0760. The molecule has 9 heteroatoms. The molecule has 0 spiro atoms. The van der Waals surface area contributed by atoms with Gasteiger partial charge < -0.3 is 10.2 Å². The number of para-hydroxylation sites is 1. The molecule has 1 aliphatic heterocycles. The Bertz CT molecular complexity index is 1320. The summed E-state index contributed by atoms with van der Waals surface area (Å²) >= 11 is 6.34. The lowest BCUT2D eigenvalue weighted by Crippen LogP contribution is -2.32. The molecule has 1 fully saturated rings. The van der Waals surface area contributed by atoms with Gasteiger partial charge in [0, 0.05) is 13.1 Å². The average Bonchev–Trinajstić information content (AvgIpc) is 3.14. The molecule has 0 radical (unpaired) electrons. The molecular formula is C26H26ClN3O4S. The van der Waals surface area contributed by atoms with Crippen molar-refractivity contribution in [3.05, 3.63) is 88.9 Å². The summed E-state index contributed by atoms with van der Waals surface area (Å²) < 4.78 is 27.6. The van der Waals surface area contributed by atoms with E-state index in [1.165, 1.54) is 30.3 Å². The lowest BCUT2D eigenvalue weighted by atomic mass is 10.1. The van der Waals surface area contributed by atoms with Crippen LogP contribution < -0.4 is 10.0 Å². The highest BCUT2D eigenvalue weighted by atomic mass is 35.5. The minimum atomic E-state index is -3.79. The second-order valence-corrected chi connectivity index (χ2v) is 10.4. The number of nitrogens with one attached hydrogen (secondary N) is 2. The highest BCUT2D eigenvalue weighted by Crippen LogP contribution is 2.26. The molecule has 4 rings (SSSR count). The molecule has 0 aliphatic carbocycles. The van der Waals surface area contributed by atoms with Crippen LogP contribution in [0.15, 0.2) is 77.7 Å². The van der Waals surface area contributed by atoms with E-state index < -0.39 is 15.9 Å². The van der Waals surface area contributed by atoms with Crippen LogP contribution in [-0.4, -0.2) is 38.2 Å². The fourth-order valence-corrected chi connectivity index (χ4v) is 5.33. The van der Waals surface area contributed by atoms with Crippen LogP contribution in [0.5, 0.6) is 0 Å². The molecule has 0 atom stereocenters. The maximum absolute atomic E-state index is 13.1. The summed E-state index contributed by atoms with van der Waals surface area (Å²) in [4.78, 5) is 28.1. The second kappa shape index (κ2) is 10.9. The molecule has 0 aromatic heterocycles. The molecule has 3 aromatic rings. The van der Waals surface area contributed by atoms with Crippen LogP contribution >= 0.6 is 11.6 Å². The SMILES string of the molecule is O=C(Nc1ccccc1C(=O)N1CCCCCC1)c1ccc(NS(=O)(=O)c2ccccc2)cc1Cl. The highest BCUT2D eigenvalue weighted by Gasteiger charge is 2.22. The Morgan fingerprint density at radius 2 is 1.46 bits per heavy atom. The summed E-state index contributed by atoms with van der Waals surface area (Å²) in [6.45, 7) is 1.40. The van der Waals surface area contributed by atoms with Crippen molar-refractivity contribution in [2.45, 2.75) is 30.6 Å². The number of rotatable bonds is 6. The largest absolute Gasteiger partial charge is 0.339 e. The Hall–Kier alpha value is -3.36. The van der Waals surface area contributed by atoms with E-state index in [4.69, 9.17) is 11.6 Å². The lowest BCUT2D eigenvalue weighted by molar-refractivity contribution is 0.0762. The highest BCUT2D eigenvalue weighted by molar-refractivity contribution is 7.92. The molecule has 0 saturated carbocycles. The number of carbonyl (C=O) groups is 2. The van der Waals surface area contributed by atoms with Crippen LogP contribution in [0.25, 0.3) is 0 Å². The quantitative estimate of drug-likeness (QED) is 0.462. The van der Waals surface area contributed by atoms with E-state index in [-0.39, 0.29) is 27.1 Å². The Kier molecular flexibility index (Phi) is 7.73. The van der Waals surface area contributed by atoms with E-state index in [1.807, 2.05) is 4.90 Å². The Balaban J connectivity index is 1.50. The molecule has 2 N–H and O–H groups in total. The van der Waals surface area contributed by atoms with Crippen LogP contribution in [0.3, 0.4) is 0 Å². The predicted octanol–water partition coefficient (Wildman–Crippen LogP) is 5.41. The third-order valence-corrected chi connectivity index (χ3v) is 7.53. The number of hydrogen-bond donors (Lipinski definition) is 2. The van der Waals surface area contributed by atoms with Gasteiger partial charge in [-0.1, -0.05) is 54.8 Å². The van der Waals surface area contributed by atoms with Gasteiger partial charge in [0.25, 0.3) is 21.8 Å². The molecule has 35 heavy (non-hydrogen) atoms. The van der Waals surface area contributed by atoms with Gasteiger partial charge in [-0.2, -0.15) is 0 Å². The number of sulfonamides is 1. The van der Waals surface area contributed by atoms with Gasteiger partial charge in [-0.25, -0.2) is 8.42 Å². The standard InChI is InChI=1S/C26H26ClN3O4S/c27-23-18-19(29-35(33,34)20-10-4-3-5-11-20)14-15-21(23)25(31)28-24-13-7-6-12-22(24)26(32)30-16-8-1-2-9-17-30/h3-7,10-15,18,29H,1-2,8-9,16-17H2,(H,28,31). The van der Waals surface area contributed by atoms with Gasteiger partial charge in [0.15, 0.2) is 0 Å². The summed E-state index contributed by atoms with van der Waals surface area (Å²) in [6.07, 6.45) is 4.16. The molecule has 7 nitrogen and oxygen atoms in total. The van der Waals surface area contributed by atoms with Crippen molar-refractivity contribution < 1.29 is 18.0 Å². The Labute approximate surface area is 210 Å². The molecule has 0 unspecified atom stereocenters. The average molecular weight is 512 g/mol. The van der Waals surface area contributed by atoms with E-state index in [1.54, 1.807) is 42.5 Å². The van der Waals surface area contributed by atoms with Crippen molar-refractivity contribution in [1.82, 2.24) is 4.90 Å². The van der Waals surface area contributed by atoms with Gasteiger partial charge in [0.2, 0.25) is 0 Å². The zero-order chi connectivity index (χ0) is 24.8. The fraction of sp³-hybridized carbons (Fsp3) is 0.231. The van der Waals surface area contributed by atoms with Crippen LogP contribution in [0.1, 0.15) is 46.4 Å². The molecule has 2 amide bonds. The van der Waals surface area contributed by atoms with E-state index in [9.17, 15) is 18.0 Å². The molecule has 1 aliphatic rings. The van der Waals surface area contributed by atoms with Gasteiger partial charge in [-0.15, -0.1) is 0 Å². The number of hydrogen-bond acceptors (Lipinski definition) is 4. The van der Waals surface area contributed by atoms with E-state index in [2.05, 4.69) is 10.0 Å². The maximum atomic E-state index is 13.1. The Morgan fingerprint density at radius 1 is 0.800 bits per heavy atom. The summed E-state index contributed by atoms with van der Waals surface area (Å²) in [5.74, 6) is -0.608. The second-order valence-electron chi connectivity index (χ2n) is 8.32. The van der Waals surface area contributed by atoms with Crippen LogP contribution in [0.2, 0.25) is 5.02 Å². The van der Waals surface area contributed by atoms with Crippen molar-refractivity contribution in [3.63, 3.8) is 0 Å². The number of amides is 2. The maximum Gasteiger partial charge on any atom is 0.261 e. The summed E-state index contributed by atoms with van der Waals surface area (Å²) in [5, 5.41) is 2.86. The molecule has 0 bridgehead atoms. The smallest absolute Gasteiger partial charge is 0.261 e. The van der Waals surface area contributed by atoms with Crippen molar-refractivity contribution in [3.8, 4) is 0 Å². The van der Waals surface area contributed by atoms with Gasteiger partial charge in [-0.3, -0.25) is 14.3 Å². The number of benzene rings is 3. The third kappa shape index (κ3) is 6.01. The number of likely N-dealkylation sites (tertiary alicyclic amines) is 1. The summed E-state index contributed by atoms with van der Waals surface area (Å²) in [7, 11) is -3.79. The molecule has 1 heterocycles.